The Hall–Kier alpha value is -2.84. The van der Waals surface area contributed by atoms with Crippen LogP contribution in [0.4, 0.5) is 0 Å². The van der Waals surface area contributed by atoms with E-state index >= 15 is 0 Å². The van der Waals surface area contributed by atoms with Gasteiger partial charge in [-0.25, -0.2) is 5.43 Å². The van der Waals surface area contributed by atoms with Crippen LogP contribution in [-0.4, -0.2) is 35.8 Å². The Balaban J connectivity index is 1.75. The second kappa shape index (κ2) is 8.24. The summed E-state index contributed by atoms with van der Waals surface area (Å²) >= 11 is 11.2. The van der Waals surface area contributed by atoms with E-state index in [1.165, 1.54) is 13.3 Å². The van der Waals surface area contributed by atoms with Crippen molar-refractivity contribution < 1.29 is 14.3 Å². The first kappa shape index (κ1) is 18.9. The molecule has 3 rings (SSSR count). The van der Waals surface area contributed by atoms with E-state index in [0.29, 0.717) is 39.0 Å². The summed E-state index contributed by atoms with van der Waals surface area (Å²) in [5.74, 6) is 0.614. The number of methoxy groups -OCH3 is 1. The van der Waals surface area contributed by atoms with Crippen molar-refractivity contribution in [2.75, 3.05) is 13.7 Å². The maximum atomic E-state index is 12.3. The van der Waals surface area contributed by atoms with Gasteiger partial charge in [0.2, 0.25) is 0 Å². The number of fused-ring (bicyclic) bond motifs is 1. The standard InChI is InChI=1S/C18H17ClN4O3S/c1-3-26-15-7-10(6-12(19)16(15)25-2)9-20-23-17(24)11-4-5-13-14(8-11)22-18(27)21-13/h4-9H,3H2,1-2H3,(H,23,24)(H2,21,22,27)/b20-9-. The summed E-state index contributed by atoms with van der Waals surface area (Å²) in [7, 11) is 1.52. The molecular formula is C18H17ClN4O3S. The molecule has 1 aromatic heterocycles. The molecule has 0 saturated heterocycles. The van der Waals surface area contributed by atoms with Crippen molar-refractivity contribution in [3.05, 3.63) is 51.3 Å². The van der Waals surface area contributed by atoms with Crippen LogP contribution in [-0.2, 0) is 0 Å². The second-order valence-electron chi connectivity index (χ2n) is 5.51. The molecule has 0 bridgehead atoms. The van der Waals surface area contributed by atoms with Gasteiger partial charge in [-0.2, -0.15) is 5.10 Å². The van der Waals surface area contributed by atoms with Gasteiger partial charge >= 0.3 is 0 Å². The number of aromatic amines is 2. The first-order valence-electron chi connectivity index (χ1n) is 8.07. The fourth-order valence-electron chi connectivity index (χ4n) is 2.53. The highest BCUT2D eigenvalue weighted by Gasteiger charge is 2.11. The van der Waals surface area contributed by atoms with E-state index in [9.17, 15) is 4.79 Å². The number of imidazole rings is 1. The molecule has 0 radical (unpaired) electrons. The van der Waals surface area contributed by atoms with Crippen LogP contribution in [0.3, 0.4) is 0 Å². The van der Waals surface area contributed by atoms with Crippen molar-refractivity contribution in [2.45, 2.75) is 6.92 Å². The highest BCUT2D eigenvalue weighted by atomic mass is 35.5. The fourth-order valence-corrected chi connectivity index (χ4v) is 3.04. The second-order valence-corrected chi connectivity index (χ2v) is 6.32. The Kier molecular flexibility index (Phi) is 5.78. The minimum atomic E-state index is -0.349. The predicted octanol–water partition coefficient (Wildman–Crippen LogP) is 4.05. The number of carbonyl (C=O) groups is 1. The van der Waals surface area contributed by atoms with E-state index in [1.807, 2.05) is 6.92 Å². The Morgan fingerprint density at radius 2 is 2.07 bits per heavy atom. The first-order chi connectivity index (χ1) is 13.0. The van der Waals surface area contributed by atoms with E-state index in [1.54, 1.807) is 30.3 Å². The molecule has 0 aliphatic carbocycles. The lowest BCUT2D eigenvalue weighted by Crippen LogP contribution is -2.17. The molecule has 0 saturated carbocycles. The van der Waals surface area contributed by atoms with Gasteiger partial charge in [-0.1, -0.05) is 11.6 Å². The van der Waals surface area contributed by atoms with Gasteiger partial charge in [-0.3, -0.25) is 4.79 Å². The lowest BCUT2D eigenvalue weighted by Gasteiger charge is -2.11. The van der Waals surface area contributed by atoms with Crippen molar-refractivity contribution in [3.63, 3.8) is 0 Å². The van der Waals surface area contributed by atoms with Gasteiger partial charge in [0, 0.05) is 5.56 Å². The average molecular weight is 405 g/mol. The summed E-state index contributed by atoms with van der Waals surface area (Å²) in [5, 5.41) is 4.38. The number of nitrogens with one attached hydrogen (secondary N) is 3. The lowest BCUT2D eigenvalue weighted by atomic mass is 10.2. The van der Waals surface area contributed by atoms with Crippen LogP contribution in [0, 0.1) is 4.77 Å². The number of hydrazone groups is 1. The number of amides is 1. The van der Waals surface area contributed by atoms with E-state index < -0.39 is 0 Å². The Morgan fingerprint density at radius 1 is 1.30 bits per heavy atom. The SMILES string of the molecule is CCOc1cc(/C=N\NC(=O)c2ccc3[nH]c(=S)[nH]c3c2)cc(Cl)c1OC. The molecule has 27 heavy (non-hydrogen) atoms. The van der Waals surface area contributed by atoms with Crippen molar-refractivity contribution >= 4 is 47.0 Å². The summed E-state index contributed by atoms with van der Waals surface area (Å²) in [4.78, 5) is 18.2. The molecule has 0 unspecified atom stereocenters. The average Bonchev–Trinajstić information content (AvgIpc) is 3.01. The van der Waals surface area contributed by atoms with Crippen LogP contribution < -0.4 is 14.9 Å². The number of nitrogens with zero attached hydrogens (tertiary/aromatic N) is 1. The largest absolute Gasteiger partial charge is 0.491 e. The zero-order valence-corrected chi connectivity index (χ0v) is 16.2. The third kappa shape index (κ3) is 4.29. The van der Waals surface area contributed by atoms with E-state index in [4.69, 9.17) is 33.3 Å². The number of rotatable bonds is 6. The van der Waals surface area contributed by atoms with Crippen molar-refractivity contribution in [3.8, 4) is 11.5 Å². The highest BCUT2D eigenvalue weighted by Crippen LogP contribution is 2.35. The molecule has 0 aliphatic rings. The zero-order chi connectivity index (χ0) is 19.4. The predicted molar refractivity (Wildman–Crippen MR) is 108 cm³/mol. The third-order valence-electron chi connectivity index (χ3n) is 3.69. The van der Waals surface area contributed by atoms with E-state index in [0.717, 1.165) is 11.0 Å². The summed E-state index contributed by atoms with van der Waals surface area (Å²) in [6.45, 7) is 2.33. The summed E-state index contributed by atoms with van der Waals surface area (Å²) < 4.78 is 11.3. The molecule has 1 amide bonds. The summed E-state index contributed by atoms with van der Waals surface area (Å²) in [6, 6.07) is 8.56. The van der Waals surface area contributed by atoms with Crippen molar-refractivity contribution in [1.82, 2.24) is 15.4 Å². The quantitative estimate of drug-likeness (QED) is 0.328. The minimum absolute atomic E-state index is 0.349. The van der Waals surface area contributed by atoms with Gasteiger partial charge in [0.25, 0.3) is 5.91 Å². The molecule has 3 aromatic rings. The van der Waals surface area contributed by atoms with Gasteiger partial charge in [0.15, 0.2) is 16.3 Å². The molecule has 7 nitrogen and oxygen atoms in total. The molecule has 140 valence electrons. The number of halogens is 1. The normalized spacial score (nSPS) is 11.1. The van der Waals surface area contributed by atoms with Gasteiger partial charge in [-0.05, 0) is 55.0 Å². The van der Waals surface area contributed by atoms with Crippen molar-refractivity contribution in [1.29, 1.82) is 0 Å². The molecule has 3 N–H and O–H groups in total. The maximum Gasteiger partial charge on any atom is 0.271 e. The Bertz CT molecular complexity index is 1070. The Morgan fingerprint density at radius 3 is 2.81 bits per heavy atom. The molecule has 0 aliphatic heterocycles. The number of benzene rings is 2. The van der Waals surface area contributed by atoms with Crippen LogP contribution in [0.2, 0.25) is 5.02 Å². The van der Waals surface area contributed by atoms with E-state index in [-0.39, 0.29) is 5.91 Å². The number of ether oxygens (including phenoxy) is 2. The number of H-pyrrole nitrogens is 2. The molecule has 0 atom stereocenters. The minimum Gasteiger partial charge on any atom is -0.491 e. The molecule has 2 aromatic carbocycles. The summed E-state index contributed by atoms with van der Waals surface area (Å²) in [6.07, 6.45) is 1.48. The van der Waals surface area contributed by atoms with Crippen LogP contribution >= 0.6 is 23.8 Å². The van der Waals surface area contributed by atoms with Crippen LogP contribution in [0.5, 0.6) is 11.5 Å². The molecular weight excluding hydrogens is 388 g/mol. The lowest BCUT2D eigenvalue weighted by molar-refractivity contribution is 0.0955. The molecule has 1 heterocycles. The Labute approximate surface area is 165 Å². The van der Waals surface area contributed by atoms with Crippen molar-refractivity contribution in [2.24, 2.45) is 5.10 Å². The third-order valence-corrected chi connectivity index (χ3v) is 4.18. The molecule has 0 fully saturated rings. The van der Waals surface area contributed by atoms with Crippen LogP contribution in [0.1, 0.15) is 22.8 Å². The number of hydrogen-bond acceptors (Lipinski definition) is 5. The smallest absolute Gasteiger partial charge is 0.271 e. The van der Waals surface area contributed by atoms with Crippen LogP contribution in [0.25, 0.3) is 11.0 Å². The topological polar surface area (TPSA) is 91.5 Å². The maximum absolute atomic E-state index is 12.3. The zero-order valence-electron chi connectivity index (χ0n) is 14.6. The molecule has 0 spiro atoms. The van der Waals surface area contributed by atoms with Gasteiger partial charge < -0.3 is 19.4 Å². The number of carbonyl (C=O) groups excluding carboxylic acids is 1. The number of aromatic nitrogens is 2. The van der Waals surface area contributed by atoms with E-state index in [2.05, 4.69) is 20.5 Å². The number of hydrogen-bond donors (Lipinski definition) is 3. The summed E-state index contributed by atoms with van der Waals surface area (Å²) in [5.41, 5.74) is 5.18. The first-order valence-corrected chi connectivity index (χ1v) is 8.86. The highest BCUT2D eigenvalue weighted by molar-refractivity contribution is 7.71. The molecule has 9 heteroatoms. The van der Waals surface area contributed by atoms with Crippen LogP contribution in [0.15, 0.2) is 35.4 Å². The fraction of sp³-hybridized carbons (Fsp3) is 0.167. The monoisotopic (exact) mass is 404 g/mol. The van der Waals surface area contributed by atoms with Gasteiger partial charge in [0.05, 0.1) is 36.0 Å². The van der Waals surface area contributed by atoms with Gasteiger partial charge in [-0.15, -0.1) is 0 Å². The van der Waals surface area contributed by atoms with Gasteiger partial charge in [0.1, 0.15) is 0 Å².